The molecule has 1 heterocycles. The lowest BCUT2D eigenvalue weighted by Crippen LogP contribution is -2.14. The molecule has 3 aromatic carbocycles. The van der Waals surface area contributed by atoms with E-state index in [1.54, 1.807) is 6.07 Å². The number of imidazole rings is 1. The monoisotopic (exact) mass is 407 g/mol. The molecule has 0 saturated carbocycles. The number of anilines is 1. The number of thioether (sulfide) groups is 1. The fourth-order valence-corrected chi connectivity index (χ4v) is 3.70. The lowest BCUT2D eigenvalue weighted by atomic mass is 10.2. The second-order valence-electron chi connectivity index (χ2n) is 6.34. The molecule has 0 fully saturated rings. The number of para-hydroxylation sites is 1. The summed E-state index contributed by atoms with van der Waals surface area (Å²) in [6.45, 7) is 0.207. The summed E-state index contributed by atoms with van der Waals surface area (Å²) in [5.41, 5.74) is 3.90. The van der Waals surface area contributed by atoms with Crippen molar-refractivity contribution in [2.24, 2.45) is 0 Å². The number of hydrogen-bond donors (Lipinski definition) is 2. The summed E-state index contributed by atoms with van der Waals surface area (Å²) in [5.74, 6) is 0.276. The summed E-state index contributed by atoms with van der Waals surface area (Å²) in [4.78, 5) is 19.7. The Balaban J connectivity index is 1.39. The maximum atomic E-state index is 13.3. The summed E-state index contributed by atoms with van der Waals surface area (Å²) in [5, 5.41) is 3.48. The zero-order valence-corrected chi connectivity index (χ0v) is 16.2. The number of aromatic amines is 1. The minimum Gasteiger partial charge on any atom is -0.444 e. The largest absolute Gasteiger partial charge is 0.444 e. The number of carbonyl (C=O) groups excluding carboxylic acids is 1. The third-order valence-corrected chi connectivity index (χ3v) is 5.18. The van der Waals surface area contributed by atoms with E-state index < -0.39 is 6.09 Å². The third-order valence-electron chi connectivity index (χ3n) is 4.25. The molecule has 1 aromatic heterocycles. The molecular formula is C22H18FN3O2S. The fourth-order valence-electron chi connectivity index (χ4n) is 2.81. The number of nitrogens with one attached hydrogen (secondary N) is 2. The van der Waals surface area contributed by atoms with Crippen molar-refractivity contribution in [1.82, 2.24) is 9.97 Å². The molecule has 0 aliphatic heterocycles. The summed E-state index contributed by atoms with van der Waals surface area (Å²) >= 11 is 1.48. The summed E-state index contributed by atoms with van der Waals surface area (Å²) in [6.07, 6.45) is -0.509. The molecular weight excluding hydrogens is 389 g/mol. The Morgan fingerprint density at radius 3 is 2.72 bits per heavy atom. The van der Waals surface area contributed by atoms with Crippen molar-refractivity contribution >= 4 is 34.6 Å². The molecule has 0 aliphatic carbocycles. The number of amides is 1. The van der Waals surface area contributed by atoms with Crippen molar-refractivity contribution in [3.63, 3.8) is 0 Å². The molecule has 29 heavy (non-hydrogen) atoms. The third kappa shape index (κ3) is 4.94. The highest BCUT2D eigenvalue weighted by molar-refractivity contribution is 7.98. The normalized spacial score (nSPS) is 10.8. The maximum Gasteiger partial charge on any atom is 0.411 e. The van der Waals surface area contributed by atoms with Crippen molar-refractivity contribution < 1.29 is 13.9 Å². The SMILES string of the molecule is O=C(Nc1ccccc1CSc1nc2ccc(F)cc2[nH]1)OCc1ccccc1. The second kappa shape index (κ2) is 8.79. The van der Waals surface area contributed by atoms with Crippen LogP contribution in [0.3, 0.4) is 0 Å². The van der Waals surface area contributed by atoms with E-state index in [0.29, 0.717) is 27.6 Å². The molecule has 0 atom stereocenters. The van der Waals surface area contributed by atoms with Gasteiger partial charge in [-0.3, -0.25) is 5.32 Å². The molecule has 4 rings (SSSR count). The van der Waals surface area contributed by atoms with E-state index >= 15 is 0 Å². The van der Waals surface area contributed by atoms with Crippen LogP contribution in [-0.2, 0) is 17.1 Å². The first-order valence-electron chi connectivity index (χ1n) is 9.01. The van der Waals surface area contributed by atoms with Crippen LogP contribution >= 0.6 is 11.8 Å². The zero-order chi connectivity index (χ0) is 20.1. The van der Waals surface area contributed by atoms with Crippen LogP contribution in [0, 0.1) is 5.82 Å². The maximum absolute atomic E-state index is 13.3. The predicted molar refractivity (Wildman–Crippen MR) is 112 cm³/mol. The van der Waals surface area contributed by atoms with Crippen LogP contribution in [0.25, 0.3) is 11.0 Å². The van der Waals surface area contributed by atoms with Gasteiger partial charge in [-0.1, -0.05) is 60.3 Å². The van der Waals surface area contributed by atoms with Gasteiger partial charge in [0.25, 0.3) is 0 Å². The molecule has 0 aliphatic rings. The molecule has 0 radical (unpaired) electrons. The van der Waals surface area contributed by atoms with Crippen molar-refractivity contribution in [3.8, 4) is 0 Å². The summed E-state index contributed by atoms with van der Waals surface area (Å²) < 4.78 is 18.6. The lowest BCUT2D eigenvalue weighted by Gasteiger charge is -2.11. The van der Waals surface area contributed by atoms with Gasteiger partial charge in [0.2, 0.25) is 0 Å². The molecule has 5 nitrogen and oxygen atoms in total. The molecule has 0 saturated heterocycles. The van der Waals surface area contributed by atoms with E-state index in [9.17, 15) is 9.18 Å². The van der Waals surface area contributed by atoms with Gasteiger partial charge in [-0.2, -0.15) is 0 Å². The number of hydrogen-bond acceptors (Lipinski definition) is 4. The number of fused-ring (bicyclic) bond motifs is 1. The van der Waals surface area contributed by atoms with Gasteiger partial charge in [-0.25, -0.2) is 14.2 Å². The van der Waals surface area contributed by atoms with E-state index in [4.69, 9.17) is 4.74 Å². The van der Waals surface area contributed by atoms with Gasteiger partial charge in [-0.15, -0.1) is 0 Å². The summed E-state index contributed by atoms with van der Waals surface area (Å²) in [6, 6.07) is 21.5. The standard InChI is InChI=1S/C22H18FN3O2S/c23-17-10-11-19-20(12-17)25-21(24-19)29-14-16-8-4-5-9-18(16)26-22(27)28-13-15-6-2-1-3-7-15/h1-12H,13-14H2,(H,24,25)(H,26,27). The molecule has 4 aromatic rings. The Morgan fingerprint density at radius 2 is 1.86 bits per heavy atom. The quantitative estimate of drug-likeness (QED) is 0.400. The number of aromatic nitrogens is 2. The van der Waals surface area contributed by atoms with Gasteiger partial charge >= 0.3 is 6.09 Å². The predicted octanol–water partition coefficient (Wildman–Crippen LogP) is 5.74. The molecule has 0 bridgehead atoms. The zero-order valence-electron chi connectivity index (χ0n) is 15.4. The molecule has 2 N–H and O–H groups in total. The van der Waals surface area contributed by atoms with Gasteiger partial charge in [0.1, 0.15) is 12.4 Å². The minimum absolute atomic E-state index is 0.207. The van der Waals surface area contributed by atoms with Crippen molar-refractivity contribution in [3.05, 3.63) is 89.7 Å². The Morgan fingerprint density at radius 1 is 1.07 bits per heavy atom. The van der Waals surface area contributed by atoms with Crippen molar-refractivity contribution in [2.75, 3.05) is 5.32 Å². The van der Waals surface area contributed by atoms with Crippen LogP contribution in [0.15, 0.2) is 78.0 Å². The molecule has 0 spiro atoms. The number of benzene rings is 3. The van der Waals surface area contributed by atoms with Gasteiger partial charge in [-0.05, 0) is 35.4 Å². The van der Waals surface area contributed by atoms with Crippen LogP contribution in [0.5, 0.6) is 0 Å². The Kier molecular flexibility index (Phi) is 5.76. The van der Waals surface area contributed by atoms with E-state index in [0.717, 1.165) is 11.1 Å². The van der Waals surface area contributed by atoms with Crippen LogP contribution in [0.1, 0.15) is 11.1 Å². The highest BCUT2D eigenvalue weighted by atomic mass is 32.2. The van der Waals surface area contributed by atoms with Gasteiger partial charge in [0.05, 0.1) is 11.0 Å². The van der Waals surface area contributed by atoms with Crippen molar-refractivity contribution in [2.45, 2.75) is 17.5 Å². The van der Waals surface area contributed by atoms with E-state index in [1.165, 1.54) is 23.9 Å². The smallest absolute Gasteiger partial charge is 0.411 e. The molecule has 1 amide bonds. The topological polar surface area (TPSA) is 67.0 Å². The number of halogens is 1. The first-order valence-corrected chi connectivity index (χ1v) is 9.99. The van der Waals surface area contributed by atoms with Crippen LogP contribution in [0.2, 0.25) is 0 Å². The number of carbonyl (C=O) groups is 1. The first kappa shape index (κ1) is 19.0. The average molecular weight is 407 g/mol. The number of ether oxygens (including phenoxy) is 1. The minimum atomic E-state index is -0.509. The first-order chi connectivity index (χ1) is 14.2. The fraction of sp³-hybridized carbons (Fsp3) is 0.0909. The van der Waals surface area contributed by atoms with Crippen molar-refractivity contribution in [1.29, 1.82) is 0 Å². The molecule has 0 unspecified atom stereocenters. The van der Waals surface area contributed by atoms with Gasteiger partial charge in [0.15, 0.2) is 5.16 Å². The average Bonchev–Trinajstić information content (AvgIpc) is 3.14. The van der Waals surface area contributed by atoms with Crippen LogP contribution < -0.4 is 5.32 Å². The lowest BCUT2D eigenvalue weighted by molar-refractivity contribution is 0.155. The second-order valence-corrected chi connectivity index (χ2v) is 7.30. The highest BCUT2D eigenvalue weighted by Gasteiger charge is 2.10. The van der Waals surface area contributed by atoms with Gasteiger partial charge < -0.3 is 9.72 Å². The Bertz CT molecular complexity index is 1130. The van der Waals surface area contributed by atoms with E-state index in [2.05, 4.69) is 15.3 Å². The van der Waals surface area contributed by atoms with Crippen LogP contribution in [-0.4, -0.2) is 16.1 Å². The van der Waals surface area contributed by atoms with E-state index in [-0.39, 0.29) is 12.4 Å². The van der Waals surface area contributed by atoms with Crippen LogP contribution in [0.4, 0.5) is 14.9 Å². The van der Waals surface area contributed by atoms with Gasteiger partial charge in [0, 0.05) is 11.4 Å². The number of rotatable bonds is 6. The number of nitrogens with zero attached hydrogens (tertiary/aromatic N) is 1. The molecule has 7 heteroatoms. The Hall–Kier alpha value is -3.32. The van der Waals surface area contributed by atoms with E-state index in [1.807, 2.05) is 54.6 Å². The molecule has 146 valence electrons. The Labute approximate surface area is 171 Å². The number of H-pyrrole nitrogens is 1. The summed E-state index contributed by atoms with van der Waals surface area (Å²) in [7, 11) is 0. The highest BCUT2D eigenvalue weighted by Crippen LogP contribution is 2.27.